The molecule has 0 bridgehead atoms. The molecule has 76 valence electrons. The molecule has 2 fully saturated rings. The summed E-state index contributed by atoms with van der Waals surface area (Å²) < 4.78 is 5.39. The van der Waals surface area contributed by atoms with Crippen molar-refractivity contribution in [3.05, 3.63) is 0 Å². The molecule has 2 heteroatoms. The lowest BCUT2D eigenvalue weighted by Gasteiger charge is -2.48. The van der Waals surface area contributed by atoms with Gasteiger partial charge < -0.3 is 9.84 Å². The second-order valence-corrected chi connectivity index (χ2v) is 5.07. The quantitative estimate of drug-likeness (QED) is 0.622. The maximum atomic E-state index is 10.4. The van der Waals surface area contributed by atoms with Crippen LogP contribution in [-0.2, 0) is 4.74 Å². The number of hydrogen-bond donors (Lipinski definition) is 1. The van der Waals surface area contributed by atoms with Gasteiger partial charge in [-0.15, -0.1) is 0 Å². The van der Waals surface area contributed by atoms with Crippen LogP contribution in [0.2, 0.25) is 0 Å². The number of fused-ring (bicyclic) bond motifs is 1. The van der Waals surface area contributed by atoms with Gasteiger partial charge in [0.15, 0.2) is 0 Å². The van der Waals surface area contributed by atoms with E-state index in [-0.39, 0.29) is 0 Å². The van der Waals surface area contributed by atoms with Crippen LogP contribution in [0.3, 0.4) is 0 Å². The summed E-state index contributed by atoms with van der Waals surface area (Å²) in [6.45, 7) is 5.91. The summed E-state index contributed by atoms with van der Waals surface area (Å²) in [5.41, 5.74) is -0.505. The molecule has 4 atom stereocenters. The van der Waals surface area contributed by atoms with Crippen LogP contribution in [0.15, 0.2) is 0 Å². The highest BCUT2D eigenvalue weighted by atomic mass is 16.5. The Balaban J connectivity index is 2.15. The van der Waals surface area contributed by atoms with E-state index < -0.39 is 5.60 Å². The van der Waals surface area contributed by atoms with E-state index in [1.54, 1.807) is 0 Å². The zero-order valence-electron chi connectivity index (χ0n) is 8.62. The van der Waals surface area contributed by atoms with Gasteiger partial charge >= 0.3 is 0 Å². The van der Waals surface area contributed by atoms with Gasteiger partial charge in [-0.3, -0.25) is 0 Å². The van der Waals surface area contributed by atoms with Crippen LogP contribution in [0.5, 0.6) is 0 Å². The molecule has 2 nitrogen and oxygen atoms in total. The van der Waals surface area contributed by atoms with Crippen LogP contribution in [0, 0.1) is 17.8 Å². The van der Waals surface area contributed by atoms with Gasteiger partial charge in [0.1, 0.15) is 0 Å². The minimum atomic E-state index is -0.505. The minimum absolute atomic E-state index is 0.484. The molecule has 0 amide bonds. The first-order chi connectivity index (χ1) is 6.12. The van der Waals surface area contributed by atoms with Crippen LogP contribution >= 0.6 is 0 Å². The number of ether oxygens (including phenoxy) is 1. The summed E-state index contributed by atoms with van der Waals surface area (Å²) >= 11 is 0. The van der Waals surface area contributed by atoms with Crippen molar-refractivity contribution in [2.75, 3.05) is 13.2 Å². The summed E-state index contributed by atoms with van der Waals surface area (Å²) in [4.78, 5) is 0. The Morgan fingerprint density at radius 2 is 2.15 bits per heavy atom. The van der Waals surface area contributed by atoms with Gasteiger partial charge in [0.2, 0.25) is 0 Å². The third-order valence-electron chi connectivity index (χ3n) is 3.78. The Bertz CT molecular complexity index is 193. The monoisotopic (exact) mass is 184 g/mol. The first kappa shape index (κ1) is 9.47. The SMILES string of the molecule is CC1CC(C)C2CCOCC2(O)C1. The van der Waals surface area contributed by atoms with Crippen molar-refractivity contribution >= 4 is 0 Å². The topological polar surface area (TPSA) is 29.5 Å². The molecule has 13 heavy (non-hydrogen) atoms. The van der Waals surface area contributed by atoms with E-state index in [4.69, 9.17) is 4.74 Å². The fraction of sp³-hybridized carbons (Fsp3) is 1.00. The average molecular weight is 184 g/mol. The fourth-order valence-corrected chi connectivity index (χ4v) is 3.35. The van der Waals surface area contributed by atoms with Gasteiger partial charge in [-0.2, -0.15) is 0 Å². The smallest absolute Gasteiger partial charge is 0.0914 e. The number of rotatable bonds is 0. The minimum Gasteiger partial charge on any atom is -0.387 e. The molecule has 0 spiro atoms. The Morgan fingerprint density at radius 1 is 1.38 bits per heavy atom. The van der Waals surface area contributed by atoms with Crippen molar-refractivity contribution in [3.8, 4) is 0 Å². The molecule has 1 saturated heterocycles. The van der Waals surface area contributed by atoms with Gasteiger partial charge in [0.05, 0.1) is 12.2 Å². The zero-order valence-corrected chi connectivity index (χ0v) is 8.62. The summed E-state index contributed by atoms with van der Waals surface area (Å²) in [5, 5.41) is 10.4. The molecule has 0 aromatic carbocycles. The maximum absolute atomic E-state index is 10.4. The highest BCUT2D eigenvalue weighted by Gasteiger charge is 2.46. The third kappa shape index (κ3) is 1.62. The zero-order chi connectivity index (χ0) is 9.47. The molecule has 0 radical (unpaired) electrons. The molecule has 0 aromatic heterocycles. The lowest BCUT2D eigenvalue weighted by atomic mass is 9.64. The normalized spacial score (nSPS) is 51.5. The summed E-state index contributed by atoms with van der Waals surface area (Å²) in [5.74, 6) is 1.80. The number of aliphatic hydroxyl groups is 1. The van der Waals surface area contributed by atoms with Gasteiger partial charge in [-0.1, -0.05) is 13.8 Å². The van der Waals surface area contributed by atoms with E-state index in [2.05, 4.69) is 13.8 Å². The Labute approximate surface area is 80.3 Å². The predicted octanol–water partition coefficient (Wildman–Crippen LogP) is 1.82. The van der Waals surface area contributed by atoms with Crippen LogP contribution in [0.4, 0.5) is 0 Å². The van der Waals surface area contributed by atoms with Crippen molar-refractivity contribution in [1.82, 2.24) is 0 Å². The molecular weight excluding hydrogens is 164 g/mol. The van der Waals surface area contributed by atoms with Gasteiger partial charge in [0, 0.05) is 6.61 Å². The highest BCUT2D eigenvalue weighted by Crippen LogP contribution is 2.44. The van der Waals surface area contributed by atoms with Crippen LogP contribution < -0.4 is 0 Å². The summed E-state index contributed by atoms with van der Waals surface area (Å²) in [7, 11) is 0. The molecule has 1 saturated carbocycles. The Hall–Kier alpha value is -0.0800. The van der Waals surface area contributed by atoms with E-state index in [1.807, 2.05) is 0 Å². The molecule has 1 heterocycles. The lowest BCUT2D eigenvalue weighted by Crippen LogP contribution is -2.53. The van der Waals surface area contributed by atoms with Gasteiger partial charge in [-0.25, -0.2) is 0 Å². The third-order valence-corrected chi connectivity index (χ3v) is 3.78. The lowest BCUT2D eigenvalue weighted by molar-refractivity contribution is -0.167. The second kappa shape index (κ2) is 3.25. The van der Waals surface area contributed by atoms with Crippen LogP contribution in [0.1, 0.15) is 33.1 Å². The van der Waals surface area contributed by atoms with E-state index in [0.717, 1.165) is 19.4 Å². The second-order valence-electron chi connectivity index (χ2n) is 5.07. The standard InChI is InChI=1S/C11H20O2/c1-8-5-9(2)10-3-4-13-7-11(10,12)6-8/h8-10,12H,3-7H2,1-2H3. The van der Waals surface area contributed by atoms with Crippen molar-refractivity contribution in [1.29, 1.82) is 0 Å². The highest BCUT2D eigenvalue weighted by molar-refractivity contribution is 4.96. The van der Waals surface area contributed by atoms with Crippen molar-refractivity contribution in [2.45, 2.75) is 38.7 Å². The largest absolute Gasteiger partial charge is 0.387 e. The van der Waals surface area contributed by atoms with E-state index in [1.165, 1.54) is 6.42 Å². The molecule has 1 N–H and O–H groups in total. The molecule has 4 unspecified atom stereocenters. The maximum Gasteiger partial charge on any atom is 0.0914 e. The number of hydrogen-bond acceptors (Lipinski definition) is 2. The van der Waals surface area contributed by atoms with Gasteiger partial charge in [-0.05, 0) is 37.0 Å². The van der Waals surface area contributed by atoms with E-state index >= 15 is 0 Å². The van der Waals surface area contributed by atoms with Crippen molar-refractivity contribution in [2.24, 2.45) is 17.8 Å². The first-order valence-corrected chi connectivity index (χ1v) is 5.42. The first-order valence-electron chi connectivity index (χ1n) is 5.42. The van der Waals surface area contributed by atoms with Crippen molar-refractivity contribution in [3.63, 3.8) is 0 Å². The fourth-order valence-electron chi connectivity index (χ4n) is 3.35. The molecule has 2 rings (SSSR count). The molecule has 2 aliphatic rings. The molecule has 1 aliphatic carbocycles. The molecular formula is C11H20O2. The summed E-state index contributed by atoms with van der Waals surface area (Å²) in [6.07, 6.45) is 3.25. The molecule has 1 aliphatic heterocycles. The van der Waals surface area contributed by atoms with Crippen molar-refractivity contribution < 1.29 is 9.84 Å². The Kier molecular flexibility index (Phi) is 2.37. The Morgan fingerprint density at radius 3 is 2.92 bits per heavy atom. The summed E-state index contributed by atoms with van der Waals surface area (Å²) in [6, 6.07) is 0. The van der Waals surface area contributed by atoms with Crippen LogP contribution in [-0.4, -0.2) is 23.9 Å². The van der Waals surface area contributed by atoms with Gasteiger partial charge in [0.25, 0.3) is 0 Å². The average Bonchev–Trinajstić information content (AvgIpc) is 2.01. The molecule has 0 aromatic rings. The van der Waals surface area contributed by atoms with E-state index in [0.29, 0.717) is 24.4 Å². The predicted molar refractivity (Wildman–Crippen MR) is 51.4 cm³/mol. The van der Waals surface area contributed by atoms with E-state index in [9.17, 15) is 5.11 Å². The van der Waals surface area contributed by atoms with Crippen LogP contribution in [0.25, 0.3) is 0 Å².